The first-order valence-corrected chi connectivity index (χ1v) is 6.30. The third-order valence-corrected chi connectivity index (χ3v) is 3.35. The van der Waals surface area contributed by atoms with E-state index in [9.17, 15) is 9.18 Å². The summed E-state index contributed by atoms with van der Waals surface area (Å²) < 4.78 is 14.0. The molecular formula is C14H14FN3O. The predicted octanol–water partition coefficient (Wildman–Crippen LogP) is 1.42. The van der Waals surface area contributed by atoms with Crippen molar-refractivity contribution in [1.82, 2.24) is 15.2 Å². The van der Waals surface area contributed by atoms with Gasteiger partial charge in [0.05, 0.1) is 0 Å². The topological polar surface area (TPSA) is 45.2 Å². The molecule has 1 aliphatic rings. The number of amides is 1. The first-order chi connectivity index (χ1) is 9.27. The van der Waals surface area contributed by atoms with Gasteiger partial charge in [0.1, 0.15) is 11.5 Å². The molecule has 0 unspecified atom stereocenters. The molecule has 2 aromatic rings. The summed E-state index contributed by atoms with van der Waals surface area (Å²) in [5, 5.41) is 4.20. The van der Waals surface area contributed by atoms with Crippen LogP contribution < -0.4 is 5.32 Å². The Morgan fingerprint density at radius 1 is 1.26 bits per heavy atom. The number of piperazine rings is 1. The number of hydrogen-bond donors (Lipinski definition) is 1. The van der Waals surface area contributed by atoms with Gasteiger partial charge in [0.25, 0.3) is 5.91 Å². The van der Waals surface area contributed by atoms with E-state index in [0.29, 0.717) is 23.9 Å². The molecule has 1 aromatic carbocycles. The lowest BCUT2D eigenvalue weighted by molar-refractivity contribution is 0.0732. The van der Waals surface area contributed by atoms with Crippen molar-refractivity contribution in [2.24, 2.45) is 0 Å². The molecule has 1 N–H and O–H groups in total. The minimum Gasteiger partial charge on any atom is -0.335 e. The van der Waals surface area contributed by atoms with Crippen molar-refractivity contribution in [2.45, 2.75) is 0 Å². The van der Waals surface area contributed by atoms with Gasteiger partial charge in [-0.3, -0.25) is 9.78 Å². The largest absolute Gasteiger partial charge is 0.335 e. The van der Waals surface area contributed by atoms with Gasteiger partial charge >= 0.3 is 0 Å². The van der Waals surface area contributed by atoms with Crippen molar-refractivity contribution in [3.8, 4) is 0 Å². The van der Waals surface area contributed by atoms with E-state index in [1.165, 1.54) is 6.07 Å². The summed E-state index contributed by atoms with van der Waals surface area (Å²) in [4.78, 5) is 18.2. The van der Waals surface area contributed by atoms with Gasteiger partial charge in [-0.2, -0.15) is 0 Å². The number of nitrogens with zero attached hydrogens (tertiary/aromatic N) is 2. The normalized spacial score (nSPS) is 15.7. The van der Waals surface area contributed by atoms with Crippen molar-refractivity contribution in [2.75, 3.05) is 26.2 Å². The highest BCUT2D eigenvalue weighted by Gasteiger charge is 2.22. The van der Waals surface area contributed by atoms with Crippen molar-refractivity contribution in [1.29, 1.82) is 0 Å². The number of aromatic nitrogens is 1. The monoisotopic (exact) mass is 259 g/mol. The molecule has 2 heterocycles. The first-order valence-electron chi connectivity index (χ1n) is 6.30. The molecule has 1 aliphatic heterocycles. The van der Waals surface area contributed by atoms with Crippen LogP contribution in [0.25, 0.3) is 10.8 Å². The molecule has 19 heavy (non-hydrogen) atoms. The number of benzene rings is 1. The van der Waals surface area contributed by atoms with Crippen molar-refractivity contribution in [3.05, 3.63) is 42.0 Å². The first kappa shape index (κ1) is 12.0. The maximum atomic E-state index is 14.0. The average molecular weight is 259 g/mol. The Labute approximate surface area is 110 Å². The molecule has 0 bridgehead atoms. The number of hydrogen-bond acceptors (Lipinski definition) is 3. The zero-order valence-corrected chi connectivity index (χ0v) is 10.4. The third kappa shape index (κ3) is 2.17. The Morgan fingerprint density at radius 3 is 2.84 bits per heavy atom. The lowest BCUT2D eigenvalue weighted by atomic mass is 10.1. The molecule has 0 aliphatic carbocycles. The third-order valence-electron chi connectivity index (χ3n) is 3.35. The van der Waals surface area contributed by atoms with Crippen LogP contribution in [0.1, 0.15) is 10.5 Å². The van der Waals surface area contributed by atoms with Crippen LogP contribution in [-0.4, -0.2) is 42.0 Å². The number of pyridine rings is 1. The average Bonchev–Trinajstić information content (AvgIpc) is 2.47. The van der Waals surface area contributed by atoms with Gasteiger partial charge in [-0.25, -0.2) is 4.39 Å². The maximum Gasteiger partial charge on any atom is 0.273 e. The Bertz CT molecular complexity index is 618. The molecule has 1 fully saturated rings. The molecule has 0 spiro atoms. The summed E-state index contributed by atoms with van der Waals surface area (Å²) in [6.45, 7) is 2.79. The SMILES string of the molecule is O=C(c1nccc2cccc(F)c12)N1CCNCC1. The smallest absolute Gasteiger partial charge is 0.273 e. The maximum absolute atomic E-state index is 14.0. The molecular weight excluding hydrogens is 245 g/mol. The molecule has 1 aromatic heterocycles. The van der Waals surface area contributed by atoms with Crippen LogP contribution in [0.15, 0.2) is 30.5 Å². The number of nitrogens with one attached hydrogen (secondary N) is 1. The molecule has 0 radical (unpaired) electrons. The highest BCUT2D eigenvalue weighted by molar-refractivity contribution is 6.05. The summed E-state index contributed by atoms with van der Waals surface area (Å²) in [6, 6.07) is 6.50. The van der Waals surface area contributed by atoms with E-state index in [0.717, 1.165) is 13.1 Å². The number of fused-ring (bicyclic) bond motifs is 1. The zero-order chi connectivity index (χ0) is 13.2. The molecule has 1 amide bonds. The molecule has 1 saturated heterocycles. The Hall–Kier alpha value is -2.01. The summed E-state index contributed by atoms with van der Waals surface area (Å²) in [7, 11) is 0. The van der Waals surface area contributed by atoms with E-state index in [4.69, 9.17) is 0 Å². The van der Waals surface area contributed by atoms with E-state index in [-0.39, 0.29) is 11.6 Å². The van der Waals surface area contributed by atoms with E-state index >= 15 is 0 Å². The van der Waals surface area contributed by atoms with Gasteiger partial charge in [-0.1, -0.05) is 12.1 Å². The van der Waals surface area contributed by atoms with E-state index in [1.54, 1.807) is 29.3 Å². The van der Waals surface area contributed by atoms with Gasteiger partial charge in [-0.15, -0.1) is 0 Å². The van der Waals surface area contributed by atoms with Crippen LogP contribution in [0, 0.1) is 5.82 Å². The van der Waals surface area contributed by atoms with Crippen LogP contribution >= 0.6 is 0 Å². The lowest BCUT2D eigenvalue weighted by Gasteiger charge is -2.27. The number of rotatable bonds is 1. The van der Waals surface area contributed by atoms with E-state index < -0.39 is 5.82 Å². The predicted molar refractivity (Wildman–Crippen MR) is 70.5 cm³/mol. The lowest BCUT2D eigenvalue weighted by Crippen LogP contribution is -2.46. The highest BCUT2D eigenvalue weighted by Crippen LogP contribution is 2.21. The Balaban J connectivity index is 2.06. The summed E-state index contributed by atoms with van der Waals surface area (Å²) in [5.74, 6) is -0.596. The van der Waals surface area contributed by atoms with Gasteiger partial charge < -0.3 is 10.2 Å². The summed E-state index contributed by atoms with van der Waals surface area (Å²) in [5.41, 5.74) is 0.206. The van der Waals surface area contributed by atoms with Crippen LogP contribution in [0.4, 0.5) is 4.39 Å². The second-order valence-electron chi connectivity index (χ2n) is 4.54. The number of carbonyl (C=O) groups is 1. The quantitative estimate of drug-likeness (QED) is 0.842. The van der Waals surface area contributed by atoms with Gasteiger partial charge in [0.2, 0.25) is 0 Å². The zero-order valence-electron chi connectivity index (χ0n) is 10.4. The van der Waals surface area contributed by atoms with Crippen LogP contribution in [0.5, 0.6) is 0 Å². The van der Waals surface area contributed by atoms with Crippen LogP contribution in [0.2, 0.25) is 0 Å². The Morgan fingerprint density at radius 2 is 2.05 bits per heavy atom. The highest BCUT2D eigenvalue weighted by atomic mass is 19.1. The minimum atomic E-state index is -0.399. The Kier molecular flexibility index (Phi) is 3.13. The van der Waals surface area contributed by atoms with E-state index in [1.807, 2.05) is 0 Å². The minimum absolute atomic E-state index is 0.197. The number of carbonyl (C=O) groups excluding carboxylic acids is 1. The summed E-state index contributed by atoms with van der Waals surface area (Å²) >= 11 is 0. The fourth-order valence-corrected chi connectivity index (χ4v) is 2.37. The molecule has 98 valence electrons. The van der Waals surface area contributed by atoms with Crippen LogP contribution in [0.3, 0.4) is 0 Å². The van der Waals surface area contributed by atoms with Gasteiger partial charge in [0.15, 0.2) is 0 Å². The fourth-order valence-electron chi connectivity index (χ4n) is 2.37. The van der Waals surface area contributed by atoms with Gasteiger partial charge in [0, 0.05) is 37.8 Å². The molecule has 4 nitrogen and oxygen atoms in total. The number of halogens is 1. The summed E-state index contributed by atoms with van der Waals surface area (Å²) in [6.07, 6.45) is 1.55. The van der Waals surface area contributed by atoms with Crippen LogP contribution in [-0.2, 0) is 0 Å². The van der Waals surface area contributed by atoms with E-state index in [2.05, 4.69) is 10.3 Å². The second kappa shape index (κ2) is 4.93. The molecule has 3 rings (SSSR count). The van der Waals surface area contributed by atoms with Crippen molar-refractivity contribution in [3.63, 3.8) is 0 Å². The van der Waals surface area contributed by atoms with Gasteiger partial charge in [-0.05, 0) is 17.5 Å². The van der Waals surface area contributed by atoms with Crippen molar-refractivity contribution < 1.29 is 9.18 Å². The standard InChI is InChI=1S/C14H14FN3O/c15-11-3-1-2-10-4-5-17-13(12(10)11)14(19)18-8-6-16-7-9-18/h1-5,16H,6-9H2. The van der Waals surface area contributed by atoms with Crippen molar-refractivity contribution >= 4 is 16.7 Å². The molecule has 0 atom stereocenters. The fraction of sp³-hybridized carbons (Fsp3) is 0.286. The molecule has 5 heteroatoms. The molecule has 0 saturated carbocycles. The second-order valence-corrected chi connectivity index (χ2v) is 4.54.